The second-order valence-electron chi connectivity index (χ2n) is 14.3. The highest BCUT2D eigenvalue weighted by Crippen LogP contribution is 2.62. The zero-order chi connectivity index (χ0) is 32.2. The fourth-order valence-corrected chi connectivity index (χ4v) is 7.95. The number of amides is 1. The van der Waals surface area contributed by atoms with Crippen LogP contribution in [0.25, 0.3) is 0 Å². The van der Waals surface area contributed by atoms with Crippen LogP contribution in [-0.2, 0) is 36.8 Å². The van der Waals surface area contributed by atoms with E-state index in [0.717, 1.165) is 50.5 Å². The van der Waals surface area contributed by atoms with Crippen LogP contribution in [0.15, 0.2) is 41.1 Å². The summed E-state index contributed by atoms with van der Waals surface area (Å²) >= 11 is 0. The molecule has 2 saturated carbocycles. The Labute approximate surface area is 259 Å². The maximum atomic E-state index is 13.5. The lowest BCUT2D eigenvalue weighted by molar-refractivity contribution is -0.168. The van der Waals surface area contributed by atoms with E-state index in [4.69, 9.17) is 13.9 Å². The molecule has 6 unspecified atom stereocenters. The number of carbonyl (C=O) groups excluding carboxylic acids is 3. The van der Waals surface area contributed by atoms with E-state index < -0.39 is 23.0 Å². The van der Waals surface area contributed by atoms with E-state index in [9.17, 15) is 14.4 Å². The largest absolute Gasteiger partial charge is 0.469 e. The highest BCUT2D eigenvalue weighted by Gasteiger charge is 2.57. The Morgan fingerprint density at radius 2 is 1.93 bits per heavy atom. The molecule has 7 nitrogen and oxygen atoms in total. The molecule has 0 aliphatic heterocycles. The molecule has 240 valence electrons. The molecule has 2 aliphatic carbocycles. The van der Waals surface area contributed by atoms with Gasteiger partial charge in [0.2, 0.25) is 5.91 Å². The molecule has 0 radical (unpaired) electrons. The molecule has 1 heterocycles. The van der Waals surface area contributed by atoms with Gasteiger partial charge < -0.3 is 18.8 Å². The summed E-state index contributed by atoms with van der Waals surface area (Å²) in [5.74, 6) is 0.311. The van der Waals surface area contributed by atoms with Crippen molar-refractivity contribution >= 4 is 17.8 Å². The van der Waals surface area contributed by atoms with Crippen molar-refractivity contribution in [2.45, 2.75) is 125 Å². The summed E-state index contributed by atoms with van der Waals surface area (Å²) in [5.41, 5.74) is 1.07. The van der Waals surface area contributed by atoms with Gasteiger partial charge in [-0.15, -0.1) is 0 Å². The second-order valence-corrected chi connectivity index (χ2v) is 14.3. The van der Waals surface area contributed by atoms with E-state index in [1.807, 2.05) is 40.7 Å². The van der Waals surface area contributed by atoms with Crippen LogP contribution < -0.4 is 0 Å². The van der Waals surface area contributed by atoms with E-state index >= 15 is 0 Å². The standard InChI is InChI=1S/C36H55NO6/c1-11-14-30(38)37(31(24(3)12-2)32(39)43-34(5,6)7)23-28-26(19-22-42-28)16-17-27-25(4)15-18-29-35(27,8)20-13-21-36(29,9)33(40)41-10/h11,14,19,22,24,27,29,31H,4,12-13,15-18,20-21,23H2,1-3,5-10H3/b14-11+. The van der Waals surface area contributed by atoms with Gasteiger partial charge in [-0.05, 0) is 114 Å². The van der Waals surface area contributed by atoms with E-state index in [1.165, 1.54) is 18.8 Å². The monoisotopic (exact) mass is 597 g/mol. The fourth-order valence-electron chi connectivity index (χ4n) is 7.95. The van der Waals surface area contributed by atoms with Gasteiger partial charge in [0.15, 0.2) is 0 Å². The third kappa shape index (κ3) is 7.46. The molecule has 0 saturated heterocycles. The number of nitrogens with zero attached hydrogens (tertiary/aromatic N) is 1. The Balaban J connectivity index is 1.89. The number of carbonyl (C=O) groups is 3. The van der Waals surface area contributed by atoms with E-state index in [1.54, 1.807) is 24.2 Å². The quantitative estimate of drug-likeness (QED) is 0.147. The molecule has 0 bridgehead atoms. The molecular formula is C36H55NO6. The zero-order valence-corrected chi connectivity index (χ0v) is 28.1. The maximum absolute atomic E-state index is 13.5. The van der Waals surface area contributed by atoms with Gasteiger partial charge in [0, 0.05) is 0 Å². The maximum Gasteiger partial charge on any atom is 0.329 e. The fraction of sp³-hybridized carbons (Fsp3) is 0.694. The summed E-state index contributed by atoms with van der Waals surface area (Å²) in [5, 5.41) is 0. The van der Waals surface area contributed by atoms with Crippen molar-refractivity contribution in [1.29, 1.82) is 0 Å². The minimum Gasteiger partial charge on any atom is -0.469 e. The molecule has 1 aromatic heterocycles. The average molecular weight is 598 g/mol. The summed E-state index contributed by atoms with van der Waals surface area (Å²) < 4.78 is 17.1. The summed E-state index contributed by atoms with van der Waals surface area (Å²) in [6, 6.07) is 1.23. The van der Waals surface area contributed by atoms with E-state index in [0.29, 0.717) is 12.2 Å². The number of methoxy groups -OCH3 is 1. The molecule has 0 spiro atoms. The lowest BCUT2D eigenvalue weighted by atomic mass is 9.46. The topological polar surface area (TPSA) is 86.0 Å². The number of hydrogen-bond donors (Lipinski definition) is 0. The first-order chi connectivity index (χ1) is 20.1. The predicted octanol–water partition coefficient (Wildman–Crippen LogP) is 7.83. The number of hydrogen-bond acceptors (Lipinski definition) is 6. The summed E-state index contributed by atoms with van der Waals surface area (Å²) in [6.07, 6.45) is 12.0. The van der Waals surface area contributed by atoms with Crippen LogP contribution in [0.4, 0.5) is 0 Å². The van der Waals surface area contributed by atoms with Crippen molar-refractivity contribution in [2.24, 2.45) is 28.6 Å². The summed E-state index contributed by atoms with van der Waals surface area (Å²) in [4.78, 5) is 41.5. The van der Waals surface area contributed by atoms with E-state index in [2.05, 4.69) is 20.4 Å². The van der Waals surface area contributed by atoms with Crippen LogP contribution in [0, 0.1) is 28.6 Å². The van der Waals surface area contributed by atoms with Gasteiger partial charge in [0.25, 0.3) is 0 Å². The average Bonchev–Trinajstić information content (AvgIpc) is 3.37. The van der Waals surface area contributed by atoms with Crippen molar-refractivity contribution < 1.29 is 28.3 Å². The Morgan fingerprint density at radius 1 is 1.23 bits per heavy atom. The van der Waals surface area contributed by atoms with Crippen molar-refractivity contribution in [1.82, 2.24) is 4.90 Å². The molecule has 2 fully saturated rings. The van der Waals surface area contributed by atoms with Crippen LogP contribution in [0.2, 0.25) is 0 Å². The SMILES string of the molecule is C=C1CCC2C(C)(C(=O)OC)CCCC2(C)C1CCc1ccoc1CN(C(=O)/C=C/C)C(C(=O)OC(C)(C)C)C(C)CC. The minimum atomic E-state index is -0.748. The van der Waals surface area contributed by atoms with Crippen molar-refractivity contribution in [3.8, 4) is 0 Å². The number of esters is 2. The lowest BCUT2D eigenvalue weighted by Gasteiger charge is -2.57. The number of fused-ring (bicyclic) bond motifs is 1. The molecule has 43 heavy (non-hydrogen) atoms. The number of aryl methyl sites for hydroxylation is 1. The Kier molecular flexibility index (Phi) is 11.2. The van der Waals surface area contributed by atoms with Gasteiger partial charge >= 0.3 is 11.9 Å². The van der Waals surface area contributed by atoms with Crippen molar-refractivity contribution in [3.63, 3.8) is 0 Å². The van der Waals surface area contributed by atoms with Crippen LogP contribution in [0.1, 0.15) is 112 Å². The molecule has 2 aliphatic rings. The first-order valence-corrected chi connectivity index (χ1v) is 16.1. The molecule has 3 rings (SSSR count). The lowest BCUT2D eigenvalue weighted by Crippen LogP contribution is -2.53. The van der Waals surface area contributed by atoms with Crippen molar-refractivity contribution in [3.05, 3.63) is 48.0 Å². The number of rotatable bonds is 11. The molecule has 0 N–H and O–H groups in total. The Hall–Kier alpha value is -2.83. The molecule has 0 aromatic carbocycles. The normalized spacial score (nSPS) is 27.3. The van der Waals surface area contributed by atoms with Gasteiger partial charge in [0.05, 0.1) is 25.3 Å². The van der Waals surface area contributed by atoms with Crippen LogP contribution >= 0.6 is 0 Å². The van der Waals surface area contributed by atoms with Gasteiger partial charge in [0.1, 0.15) is 17.4 Å². The number of furan rings is 1. The zero-order valence-electron chi connectivity index (χ0n) is 28.1. The van der Waals surface area contributed by atoms with Crippen LogP contribution in [0.3, 0.4) is 0 Å². The molecule has 1 aromatic rings. The summed E-state index contributed by atoms with van der Waals surface area (Å²) in [6.45, 7) is 20.4. The molecule has 6 atom stereocenters. The highest BCUT2D eigenvalue weighted by molar-refractivity contribution is 5.91. The van der Waals surface area contributed by atoms with Crippen LogP contribution in [-0.4, -0.2) is 41.5 Å². The second kappa shape index (κ2) is 13.9. The van der Waals surface area contributed by atoms with Gasteiger partial charge in [-0.25, -0.2) is 4.79 Å². The third-order valence-corrected chi connectivity index (χ3v) is 10.3. The molecular weight excluding hydrogens is 542 g/mol. The van der Waals surface area contributed by atoms with Crippen molar-refractivity contribution in [2.75, 3.05) is 7.11 Å². The number of allylic oxidation sites excluding steroid dienone is 2. The van der Waals surface area contributed by atoms with E-state index in [-0.39, 0.29) is 41.6 Å². The Bertz CT molecular complexity index is 1190. The Morgan fingerprint density at radius 3 is 2.53 bits per heavy atom. The summed E-state index contributed by atoms with van der Waals surface area (Å²) in [7, 11) is 1.50. The molecule has 1 amide bonds. The first-order valence-electron chi connectivity index (χ1n) is 16.1. The third-order valence-electron chi connectivity index (χ3n) is 10.3. The number of ether oxygens (including phenoxy) is 2. The first kappa shape index (κ1) is 34.7. The van der Waals surface area contributed by atoms with Gasteiger partial charge in [-0.1, -0.05) is 51.8 Å². The molecule has 7 heteroatoms. The highest BCUT2D eigenvalue weighted by atomic mass is 16.6. The van der Waals surface area contributed by atoms with Gasteiger partial charge in [-0.2, -0.15) is 0 Å². The smallest absolute Gasteiger partial charge is 0.329 e. The van der Waals surface area contributed by atoms with Crippen LogP contribution in [0.5, 0.6) is 0 Å². The minimum absolute atomic E-state index is 0.0489. The predicted molar refractivity (Wildman–Crippen MR) is 169 cm³/mol. The van der Waals surface area contributed by atoms with Gasteiger partial charge in [-0.3, -0.25) is 9.59 Å².